The molecule has 8 heteroatoms. The van der Waals surface area contributed by atoms with E-state index in [4.69, 9.17) is 0 Å². The number of amides is 1. The lowest BCUT2D eigenvalue weighted by Crippen LogP contribution is -2.45. The van der Waals surface area contributed by atoms with Crippen LogP contribution in [0.15, 0.2) is 47.4 Å². The summed E-state index contributed by atoms with van der Waals surface area (Å²) in [5, 5.41) is 2.40. The van der Waals surface area contributed by atoms with Crippen LogP contribution < -0.4 is 5.32 Å². The van der Waals surface area contributed by atoms with E-state index in [1.165, 1.54) is 4.31 Å². The number of hydrogen-bond acceptors (Lipinski definition) is 3. The van der Waals surface area contributed by atoms with E-state index in [9.17, 15) is 22.0 Å². The van der Waals surface area contributed by atoms with Crippen molar-refractivity contribution < 1.29 is 22.0 Å². The smallest absolute Gasteiger partial charge is 0.243 e. The average Bonchev–Trinajstić information content (AvgIpc) is 2.65. The first-order valence-electron chi connectivity index (χ1n) is 9.11. The Balaban J connectivity index is 1.75. The zero-order valence-corrected chi connectivity index (χ0v) is 16.3. The Kier molecular flexibility index (Phi) is 6.10. The zero-order valence-electron chi connectivity index (χ0n) is 15.5. The third-order valence-electron chi connectivity index (χ3n) is 4.83. The second-order valence-corrected chi connectivity index (χ2v) is 8.85. The highest BCUT2D eigenvalue weighted by Crippen LogP contribution is 2.28. The fraction of sp³-hybridized carbons (Fsp3) is 0.350. The molecule has 28 heavy (non-hydrogen) atoms. The van der Waals surface area contributed by atoms with Gasteiger partial charge in [-0.05, 0) is 44.0 Å². The number of sulfonamides is 1. The van der Waals surface area contributed by atoms with Crippen LogP contribution in [0.5, 0.6) is 0 Å². The van der Waals surface area contributed by atoms with E-state index in [0.29, 0.717) is 19.0 Å². The highest BCUT2D eigenvalue weighted by molar-refractivity contribution is 7.89. The highest BCUT2D eigenvalue weighted by atomic mass is 32.2. The first-order chi connectivity index (χ1) is 13.3. The first kappa shape index (κ1) is 20.4. The second kappa shape index (κ2) is 8.36. The van der Waals surface area contributed by atoms with Gasteiger partial charge in [0.15, 0.2) is 0 Å². The number of rotatable bonds is 5. The molecule has 0 bridgehead atoms. The quantitative estimate of drug-likeness (QED) is 0.817. The molecule has 1 amide bonds. The van der Waals surface area contributed by atoms with Crippen molar-refractivity contribution in [3.8, 4) is 0 Å². The van der Waals surface area contributed by atoms with E-state index in [1.807, 2.05) is 6.92 Å². The molecule has 0 aliphatic carbocycles. The number of aryl methyl sites for hydroxylation is 1. The van der Waals surface area contributed by atoms with E-state index in [1.54, 1.807) is 24.3 Å². The van der Waals surface area contributed by atoms with Gasteiger partial charge in [0.2, 0.25) is 15.9 Å². The third kappa shape index (κ3) is 4.56. The summed E-state index contributed by atoms with van der Waals surface area (Å²) in [4.78, 5) is 12.6. The van der Waals surface area contributed by atoms with Gasteiger partial charge in [0.1, 0.15) is 11.6 Å². The molecule has 1 saturated heterocycles. The van der Waals surface area contributed by atoms with Gasteiger partial charge in [-0.15, -0.1) is 0 Å². The molecule has 1 atom stereocenters. The molecule has 5 nitrogen and oxygen atoms in total. The molecule has 0 unspecified atom stereocenters. The van der Waals surface area contributed by atoms with Crippen LogP contribution in [0, 0.1) is 18.6 Å². The maximum absolute atomic E-state index is 13.7. The van der Waals surface area contributed by atoms with Gasteiger partial charge in [0, 0.05) is 25.1 Å². The summed E-state index contributed by atoms with van der Waals surface area (Å²) in [7, 11) is -3.73. The van der Waals surface area contributed by atoms with Crippen LogP contribution in [0.1, 0.15) is 31.2 Å². The molecular weight excluding hydrogens is 386 g/mol. The Morgan fingerprint density at radius 1 is 1.14 bits per heavy atom. The van der Waals surface area contributed by atoms with E-state index in [0.717, 1.165) is 30.5 Å². The molecular formula is C20H22F2N2O3S. The van der Waals surface area contributed by atoms with Gasteiger partial charge < -0.3 is 5.32 Å². The highest BCUT2D eigenvalue weighted by Gasteiger charge is 2.34. The summed E-state index contributed by atoms with van der Waals surface area (Å²) in [5.74, 6) is -2.12. The lowest BCUT2D eigenvalue weighted by molar-refractivity contribution is -0.117. The van der Waals surface area contributed by atoms with Gasteiger partial charge in [-0.25, -0.2) is 17.2 Å². The van der Waals surface area contributed by atoms with Crippen molar-refractivity contribution in [3.05, 3.63) is 59.7 Å². The molecule has 2 aromatic rings. The van der Waals surface area contributed by atoms with Crippen molar-refractivity contribution in [1.29, 1.82) is 0 Å². The van der Waals surface area contributed by atoms with Crippen molar-refractivity contribution in [2.45, 2.75) is 43.5 Å². The van der Waals surface area contributed by atoms with Gasteiger partial charge in [0.05, 0.1) is 10.6 Å². The summed E-state index contributed by atoms with van der Waals surface area (Å²) in [6.45, 7) is 2.21. The van der Waals surface area contributed by atoms with E-state index >= 15 is 0 Å². The number of halogens is 2. The lowest BCUT2D eigenvalue weighted by atomic mass is 10.0. The lowest BCUT2D eigenvalue weighted by Gasteiger charge is -2.34. The molecule has 1 N–H and O–H groups in total. The molecule has 0 saturated carbocycles. The molecule has 1 fully saturated rings. The Morgan fingerprint density at radius 2 is 1.86 bits per heavy atom. The van der Waals surface area contributed by atoms with E-state index in [2.05, 4.69) is 5.32 Å². The van der Waals surface area contributed by atoms with Crippen LogP contribution in [-0.2, 0) is 14.8 Å². The first-order valence-corrected chi connectivity index (χ1v) is 10.5. The zero-order chi connectivity index (χ0) is 20.3. The molecule has 150 valence electrons. The molecule has 0 radical (unpaired) electrons. The van der Waals surface area contributed by atoms with Crippen LogP contribution in [-0.4, -0.2) is 31.2 Å². The molecule has 0 spiro atoms. The van der Waals surface area contributed by atoms with Crippen LogP contribution in [0.25, 0.3) is 0 Å². The number of hydrogen-bond donors (Lipinski definition) is 1. The predicted octanol–water partition coefficient (Wildman–Crippen LogP) is 3.85. The van der Waals surface area contributed by atoms with Gasteiger partial charge >= 0.3 is 0 Å². The number of piperidine rings is 1. The van der Waals surface area contributed by atoms with E-state index < -0.39 is 33.6 Å². The van der Waals surface area contributed by atoms with Crippen molar-refractivity contribution in [1.82, 2.24) is 4.31 Å². The fourth-order valence-electron chi connectivity index (χ4n) is 3.35. The summed E-state index contributed by atoms with van der Waals surface area (Å²) < 4.78 is 54.2. The fourth-order valence-corrected chi connectivity index (χ4v) is 5.04. The van der Waals surface area contributed by atoms with Crippen molar-refractivity contribution in [2.24, 2.45) is 0 Å². The van der Waals surface area contributed by atoms with Gasteiger partial charge in [-0.2, -0.15) is 4.31 Å². The Labute approximate surface area is 163 Å². The normalized spacial score (nSPS) is 18.0. The maximum Gasteiger partial charge on any atom is 0.243 e. The molecule has 1 aliphatic rings. The van der Waals surface area contributed by atoms with Crippen LogP contribution in [0.2, 0.25) is 0 Å². The average molecular weight is 408 g/mol. The largest absolute Gasteiger partial charge is 0.324 e. The molecule has 1 aliphatic heterocycles. The summed E-state index contributed by atoms with van der Waals surface area (Å²) in [5.41, 5.74) is 0.824. The summed E-state index contributed by atoms with van der Waals surface area (Å²) in [6, 6.07) is 8.95. The Hall–Kier alpha value is -2.32. The van der Waals surface area contributed by atoms with Crippen molar-refractivity contribution >= 4 is 21.6 Å². The Morgan fingerprint density at radius 3 is 2.54 bits per heavy atom. The van der Waals surface area contributed by atoms with E-state index in [-0.39, 0.29) is 17.0 Å². The monoisotopic (exact) mass is 408 g/mol. The minimum absolute atomic E-state index is 0.0953. The molecule has 1 heterocycles. The molecule has 0 aromatic heterocycles. The minimum atomic E-state index is -3.73. The maximum atomic E-state index is 13.7. The minimum Gasteiger partial charge on any atom is -0.324 e. The van der Waals surface area contributed by atoms with Crippen LogP contribution in [0.4, 0.5) is 14.5 Å². The van der Waals surface area contributed by atoms with Gasteiger partial charge in [-0.3, -0.25) is 4.79 Å². The van der Waals surface area contributed by atoms with Gasteiger partial charge in [-0.1, -0.05) is 24.1 Å². The SMILES string of the molecule is Cc1ccc(S(=O)(=O)N2CCCC[C@H]2CC(=O)Nc2ccc(F)cc2F)cc1. The van der Waals surface area contributed by atoms with Gasteiger partial charge in [0.25, 0.3) is 0 Å². The number of anilines is 1. The second-order valence-electron chi connectivity index (χ2n) is 6.95. The Bertz CT molecular complexity index is 962. The topological polar surface area (TPSA) is 66.5 Å². The number of nitrogens with one attached hydrogen (secondary N) is 1. The number of benzene rings is 2. The standard InChI is InChI=1S/C20H22F2N2O3S/c1-14-5-8-17(9-6-14)28(26,27)24-11-3-2-4-16(24)13-20(25)23-19-10-7-15(21)12-18(19)22/h5-10,12,16H,2-4,11,13H2,1H3,(H,23,25)/t16-/m0/s1. The molecule has 2 aromatic carbocycles. The van der Waals surface area contributed by atoms with Crippen molar-refractivity contribution in [2.75, 3.05) is 11.9 Å². The van der Waals surface area contributed by atoms with Crippen molar-refractivity contribution in [3.63, 3.8) is 0 Å². The summed E-state index contributed by atoms with van der Waals surface area (Å²) >= 11 is 0. The number of carbonyl (C=O) groups excluding carboxylic acids is 1. The molecule has 3 rings (SSSR count). The van der Waals surface area contributed by atoms with Crippen LogP contribution in [0.3, 0.4) is 0 Å². The predicted molar refractivity (Wildman–Crippen MR) is 102 cm³/mol. The van der Waals surface area contributed by atoms with Crippen LogP contribution >= 0.6 is 0 Å². The summed E-state index contributed by atoms with van der Waals surface area (Å²) in [6.07, 6.45) is 1.98. The number of nitrogens with zero attached hydrogens (tertiary/aromatic N) is 1. The third-order valence-corrected chi connectivity index (χ3v) is 6.79. The number of carbonyl (C=O) groups is 1.